The fourth-order valence-electron chi connectivity index (χ4n) is 2.16. The van der Waals surface area contributed by atoms with Crippen LogP contribution in [0.25, 0.3) is 0 Å². The number of furan rings is 1. The molecule has 0 atom stereocenters. The number of aromatic carboxylic acids is 1. The van der Waals surface area contributed by atoms with Crippen LogP contribution in [0.1, 0.15) is 24.4 Å². The molecule has 8 heteroatoms. The molecule has 0 bridgehead atoms. The zero-order valence-electron chi connectivity index (χ0n) is 11.4. The van der Waals surface area contributed by atoms with Gasteiger partial charge in [-0.1, -0.05) is 0 Å². The molecule has 7 nitrogen and oxygen atoms in total. The van der Waals surface area contributed by atoms with Crippen molar-refractivity contribution in [1.29, 1.82) is 0 Å². The molecule has 1 aromatic rings. The third-order valence-electron chi connectivity index (χ3n) is 3.39. The van der Waals surface area contributed by atoms with E-state index in [-0.39, 0.29) is 10.9 Å². The number of rotatable bonds is 4. The largest absolute Gasteiger partial charge is 0.475 e. The quantitative estimate of drug-likeness (QED) is 0.880. The van der Waals surface area contributed by atoms with E-state index >= 15 is 0 Å². The van der Waals surface area contributed by atoms with E-state index in [2.05, 4.69) is 18.7 Å². The molecule has 1 N–H and O–H groups in total. The molecule has 0 amide bonds. The van der Waals surface area contributed by atoms with Crippen molar-refractivity contribution in [1.82, 2.24) is 9.21 Å². The van der Waals surface area contributed by atoms with Crippen molar-refractivity contribution in [2.45, 2.75) is 25.0 Å². The topological polar surface area (TPSA) is 91.1 Å². The zero-order chi connectivity index (χ0) is 14.9. The number of hydrogen-bond acceptors (Lipinski definition) is 5. The minimum absolute atomic E-state index is 0.312. The summed E-state index contributed by atoms with van der Waals surface area (Å²) in [4.78, 5) is 12.9. The number of piperazine rings is 1. The number of hydrogen-bond donors (Lipinski definition) is 1. The molecule has 0 aliphatic carbocycles. The van der Waals surface area contributed by atoms with Crippen molar-refractivity contribution in [3.8, 4) is 0 Å². The molecule has 1 aliphatic rings. The average molecular weight is 302 g/mol. The van der Waals surface area contributed by atoms with Gasteiger partial charge in [0.2, 0.25) is 10.9 Å². The molecule has 0 spiro atoms. The summed E-state index contributed by atoms with van der Waals surface area (Å²) in [5.41, 5.74) is 0. The molecular formula is C12H18N2O5S. The summed E-state index contributed by atoms with van der Waals surface area (Å²) in [5.74, 6) is -1.65. The Morgan fingerprint density at radius 3 is 2.30 bits per heavy atom. The Morgan fingerprint density at radius 1 is 1.25 bits per heavy atom. The predicted octanol–water partition coefficient (Wildman–Crippen LogP) is 0.692. The minimum Gasteiger partial charge on any atom is -0.475 e. The van der Waals surface area contributed by atoms with E-state index in [1.807, 2.05) is 0 Å². The van der Waals surface area contributed by atoms with Crippen LogP contribution in [0.2, 0.25) is 0 Å². The van der Waals surface area contributed by atoms with Gasteiger partial charge in [0.1, 0.15) is 0 Å². The van der Waals surface area contributed by atoms with Crippen LogP contribution in [0.5, 0.6) is 0 Å². The van der Waals surface area contributed by atoms with Gasteiger partial charge in [0.05, 0.1) is 0 Å². The molecule has 112 valence electrons. The Labute approximate surface area is 117 Å². The highest BCUT2D eigenvalue weighted by atomic mass is 32.2. The minimum atomic E-state index is -3.75. The maximum absolute atomic E-state index is 12.3. The predicted molar refractivity (Wildman–Crippen MR) is 71.1 cm³/mol. The third kappa shape index (κ3) is 2.87. The van der Waals surface area contributed by atoms with Gasteiger partial charge in [-0.25, -0.2) is 13.2 Å². The Hall–Kier alpha value is -1.38. The monoisotopic (exact) mass is 302 g/mol. The summed E-state index contributed by atoms with van der Waals surface area (Å²) in [5, 5.41) is 8.45. The first-order valence-electron chi connectivity index (χ1n) is 6.39. The van der Waals surface area contributed by atoms with Gasteiger partial charge in [0, 0.05) is 32.2 Å². The summed E-state index contributed by atoms with van der Waals surface area (Å²) in [6.07, 6.45) is 0. The van der Waals surface area contributed by atoms with E-state index in [1.165, 1.54) is 10.4 Å². The van der Waals surface area contributed by atoms with Crippen LogP contribution in [0, 0.1) is 0 Å². The molecule has 2 rings (SSSR count). The second-order valence-corrected chi connectivity index (χ2v) is 6.83. The van der Waals surface area contributed by atoms with E-state index in [9.17, 15) is 13.2 Å². The molecule has 0 unspecified atom stereocenters. The average Bonchev–Trinajstić information content (AvgIpc) is 2.89. The van der Waals surface area contributed by atoms with E-state index in [4.69, 9.17) is 9.52 Å². The lowest BCUT2D eigenvalue weighted by molar-refractivity contribution is 0.0656. The Bertz CT molecular complexity index is 585. The highest BCUT2D eigenvalue weighted by Crippen LogP contribution is 2.20. The van der Waals surface area contributed by atoms with Crippen molar-refractivity contribution in [2.24, 2.45) is 0 Å². The molecule has 2 heterocycles. The van der Waals surface area contributed by atoms with Crippen LogP contribution in [-0.2, 0) is 10.0 Å². The third-order valence-corrected chi connectivity index (χ3v) is 5.16. The second-order valence-electron chi connectivity index (χ2n) is 4.96. The SMILES string of the molecule is CC(C)N1CCN(S(=O)(=O)c2ccc(C(=O)O)o2)CC1. The van der Waals surface area contributed by atoms with Crippen LogP contribution in [0.15, 0.2) is 21.6 Å². The molecule has 0 saturated carbocycles. The first kappa shape index (κ1) is 15.0. The number of carboxylic acid groups (broad SMARTS) is 1. The van der Waals surface area contributed by atoms with Crippen LogP contribution >= 0.6 is 0 Å². The molecular weight excluding hydrogens is 284 g/mol. The van der Waals surface area contributed by atoms with Crippen molar-refractivity contribution in [3.05, 3.63) is 17.9 Å². The molecule has 1 fully saturated rings. The molecule has 1 saturated heterocycles. The van der Waals surface area contributed by atoms with Crippen molar-refractivity contribution in [2.75, 3.05) is 26.2 Å². The Kier molecular flexibility index (Phi) is 4.17. The highest BCUT2D eigenvalue weighted by Gasteiger charge is 2.31. The van der Waals surface area contributed by atoms with Crippen LogP contribution in [0.4, 0.5) is 0 Å². The van der Waals surface area contributed by atoms with E-state index in [0.29, 0.717) is 32.2 Å². The van der Waals surface area contributed by atoms with Crippen molar-refractivity contribution >= 4 is 16.0 Å². The van der Waals surface area contributed by atoms with E-state index in [1.54, 1.807) is 0 Å². The second kappa shape index (κ2) is 5.55. The van der Waals surface area contributed by atoms with Crippen LogP contribution in [0.3, 0.4) is 0 Å². The Morgan fingerprint density at radius 2 is 1.85 bits per heavy atom. The van der Waals surface area contributed by atoms with Gasteiger partial charge in [-0.2, -0.15) is 4.31 Å². The normalized spacial score (nSPS) is 18.6. The van der Waals surface area contributed by atoms with Gasteiger partial charge >= 0.3 is 5.97 Å². The number of carboxylic acids is 1. The summed E-state index contributed by atoms with van der Waals surface area (Å²) >= 11 is 0. The summed E-state index contributed by atoms with van der Waals surface area (Å²) in [6.45, 7) is 6.20. The maximum atomic E-state index is 12.3. The number of nitrogens with zero attached hydrogens (tertiary/aromatic N) is 2. The fourth-order valence-corrected chi connectivity index (χ4v) is 3.49. The molecule has 1 aliphatic heterocycles. The molecule has 1 aromatic heterocycles. The van der Waals surface area contributed by atoms with E-state index < -0.39 is 16.0 Å². The lowest BCUT2D eigenvalue weighted by Gasteiger charge is -2.35. The van der Waals surface area contributed by atoms with Crippen LogP contribution in [-0.4, -0.2) is 60.9 Å². The van der Waals surface area contributed by atoms with Gasteiger partial charge in [-0.15, -0.1) is 0 Å². The van der Waals surface area contributed by atoms with Crippen molar-refractivity contribution < 1.29 is 22.7 Å². The lowest BCUT2D eigenvalue weighted by atomic mass is 10.3. The standard InChI is InChI=1S/C12H18N2O5S/c1-9(2)13-5-7-14(8-6-13)20(17,18)11-4-3-10(19-11)12(15)16/h3-4,9H,5-8H2,1-2H3,(H,15,16). The molecule has 0 aromatic carbocycles. The summed E-state index contributed by atoms with van der Waals surface area (Å²) in [6, 6.07) is 2.72. The summed E-state index contributed by atoms with van der Waals surface area (Å²) < 4.78 is 30.9. The summed E-state index contributed by atoms with van der Waals surface area (Å²) in [7, 11) is -3.75. The molecule has 20 heavy (non-hydrogen) atoms. The number of sulfonamides is 1. The lowest BCUT2D eigenvalue weighted by Crippen LogP contribution is -2.50. The van der Waals surface area contributed by atoms with Crippen LogP contribution < -0.4 is 0 Å². The van der Waals surface area contributed by atoms with Gasteiger partial charge < -0.3 is 9.52 Å². The smallest absolute Gasteiger partial charge is 0.371 e. The van der Waals surface area contributed by atoms with Gasteiger partial charge in [-0.3, -0.25) is 4.90 Å². The zero-order valence-corrected chi connectivity index (χ0v) is 12.3. The fraction of sp³-hybridized carbons (Fsp3) is 0.583. The number of carbonyl (C=O) groups is 1. The van der Waals surface area contributed by atoms with Gasteiger partial charge in [-0.05, 0) is 26.0 Å². The first-order valence-corrected chi connectivity index (χ1v) is 7.83. The van der Waals surface area contributed by atoms with E-state index in [0.717, 1.165) is 6.07 Å². The van der Waals surface area contributed by atoms with Crippen molar-refractivity contribution in [3.63, 3.8) is 0 Å². The molecule has 0 radical (unpaired) electrons. The van der Waals surface area contributed by atoms with Gasteiger partial charge in [0.15, 0.2) is 0 Å². The Balaban J connectivity index is 2.13. The highest BCUT2D eigenvalue weighted by molar-refractivity contribution is 7.89. The van der Waals surface area contributed by atoms with Gasteiger partial charge in [0.25, 0.3) is 10.0 Å². The maximum Gasteiger partial charge on any atom is 0.371 e. The first-order chi connectivity index (χ1) is 9.32.